The van der Waals surface area contributed by atoms with Crippen molar-refractivity contribution in [2.45, 2.75) is 6.92 Å². The maximum atomic E-state index is 11.5. The van der Waals surface area contributed by atoms with E-state index in [0.717, 1.165) is 17.1 Å². The molecule has 0 saturated carbocycles. The van der Waals surface area contributed by atoms with Crippen molar-refractivity contribution in [2.75, 3.05) is 0 Å². The first-order chi connectivity index (χ1) is 7.24. The molecule has 79 valence electrons. The van der Waals surface area contributed by atoms with Crippen LogP contribution in [-0.2, 0) is 18.6 Å². The van der Waals surface area contributed by atoms with Crippen LogP contribution < -0.4 is 0 Å². The summed E-state index contributed by atoms with van der Waals surface area (Å²) in [5, 5.41) is 1.82. The molecule has 0 aromatic heterocycles. The molecule has 2 aromatic rings. The molecular formula is C13H10O2V. The Morgan fingerprint density at radius 1 is 1.12 bits per heavy atom. The second-order valence-electron chi connectivity index (χ2n) is 3.42. The molecule has 0 atom stereocenters. The van der Waals surface area contributed by atoms with Crippen molar-refractivity contribution in [2.24, 2.45) is 0 Å². The molecule has 0 unspecified atom stereocenters. The van der Waals surface area contributed by atoms with Crippen LogP contribution in [0.5, 0.6) is 0 Å². The van der Waals surface area contributed by atoms with Crippen LogP contribution in [-0.4, -0.2) is 12.1 Å². The van der Waals surface area contributed by atoms with Gasteiger partial charge in [-0.15, -0.1) is 0 Å². The Labute approximate surface area is 106 Å². The summed E-state index contributed by atoms with van der Waals surface area (Å²) in [7, 11) is 0. The Bertz CT molecular complexity index is 547. The van der Waals surface area contributed by atoms with Crippen LogP contribution in [0.3, 0.4) is 0 Å². The Hall–Kier alpha value is -1.38. The fourth-order valence-electron chi connectivity index (χ4n) is 1.78. The predicted octanol–water partition coefficient (Wildman–Crippen LogP) is 2.85. The minimum atomic E-state index is -0.0751. The molecule has 0 N–H and O–H groups in total. The van der Waals surface area contributed by atoms with Gasteiger partial charge in [-0.3, -0.25) is 9.59 Å². The topological polar surface area (TPSA) is 34.1 Å². The van der Waals surface area contributed by atoms with Crippen molar-refractivity contribution < 1.29 is 28.1 Å². The Morgan fingerprint density at radius 3 is 2.44 bits per heavy atom. The van der Waals surface area contributed by atoms with E-state index in [0.29, 0.717) is 11.1 Å². The molecule has 0 aliphatic heterocycles. The summed E-state index contributed by atoms with van der Waals surface area (Å²) in [6.45, 7) is 1.48. The Morgan fingerprint density at radius 2 is 1.81 bits per heavy atom. The molecule has 0 amide bonds. The monoisotopic (exact) mass is 249 g/mol. The van der Waals surface area contributed by atoms with Crippen molar-refractivity contribution in [1.82, 2.24) is 0 Å². The number of carbonyl (C=O) groups is 2. The van der Waals surface area contributed by atoms with Gasteiger partial charge in [-0.05, 0) is 17.7 Å². The smallest absolute Gasteiger partial charge is 0.161 e. The number of benzene rings is 2. The zero-order valence-corrected chi connectivity index (χ0v) is 10.2. The summed E-state index contributed by atoms with van der Waals surface area (Å²) >= 11 is 0. The van der Waals surface area contributed by atoms with Crippen molar-refractivity contribution >= 4 is 22.8 Å². The molecule has 0 spiro atoms. The third-order valence-electron chi connectivity index (χ3n) is 2.44. The van der Waals surface area contributed by atoms with E-state index >= 15 is 0 Å². The van der Waals surface area contributed by atoms with Crippen LogP contribution in [0.4, 0.5) is 0 Å². The zero-order chi connectivity index (χ0) is 10.8. The predicted molar refractivity (Wildman–Crippen MR) is 59.3 cm³/mol. The fourth-order valence-corrected chi connectivity index (χ4v) is 1.78. The molecule has 0 heterocycles. The second kappa shape index (κ2) is 5.10. The minimum absolute atomic E-state index is 0. The molecular weight excluding hydrogens is 239 g/mol. The number of aldehydes is 1. The number of carbonyl (C=O) groups excluding carboxylic acids is 2. The van der Waals surface area contributed by atoms with Gasteiger partial charge in [0, 0.05) is 29.7 Å². The molecule has 0 fully saturated rings. The van der Waals surface area contributed by atoms with Gasteiger partial charge in [-0.1, -0.05) is 36.4 Å². The molecule has 1 radical (unpaired) electrons. The van der Waals surface area contributed by atoms with Crippen molar-refractivity contribution in [1.29, 1.82) is 0 Å². The Kier molecular flexibility index (Phi) is 4.05. The number of Topliss-reactive ketones (excluding diaryl/α,β-unsaturated/α-hetero) is 1. The number of rotatable bonds is 2. The quantitative estimate of drug-likeness (QED) is 0.605. The van der Waals surface area contributed by atoms with E-state index in [1.54, 1.807) is 6.07 Å². The number of hydrogen-bond acceptors (Lipinski definition) is 2. The molecule has 0 saturated heterocycles. The minimum Gasteiger partial charge on any atom is -0.298 e. The summed E-state index contributed by atoms with van der Waals surface area (Å²) in [5.74, 6) is -0.0751. The molecule has 0 aliphatic carbocycles. The van der Waals surface area contributed by atoms with Gasteiger partial charge in [0.05, 0.1) is 0 Å². The van der Waals surface area contributed by atoms with Crippen molar-refractivity contribution in [3.8, 4) is 0 Å². The largest absolute Gasteiger partial charge is 0.298 e. The molecule has 2 aromatic carbocycles. The normalized spacial score (nSPS) is 9.56. The van der Waals surface area contributed by atoms with Gasteiger partial charge in [0.15, 0.2) is 12.1 Å². The van der Waals surface area contributed by atoms with Crippen molar-refractivity contribution in [3.05, 3.63) is 47.5 Å². The van der Waals surface area contributed by atoms with Gasteiger partial charge in [-0.25, -0.2) is 0 Å². The number of hydrogen-bond donors (Lipinski definition) is 0. The molecule has 0 bridgehead atoms. The van der Waals surface area contributed by atoms with E-state index in [1.165, 1.54) is 6.92 Å². The first kappa shape index (κ1) is 12.7. The Balaban J connectivity index is 0.00000128. The molecule has 16 heavy (non-hydrogen) atoms. The summed E-state index contributed by atoms with van der Waals surface area (Å²) in [6.07, 6.45) is 0.725. The third kappa shape index (κ3) is 2.08. The van der Waals surface area contributed by atoms with Gasteiger partial charge in [-0.2, -0.15) is 0 Å². The van der Waals surface area contributed by atoms with E-state index in [4.69, 9.17) is 0 Å². The van der Waals surface area contributed by atoms with Crippen LogP contribution in [0.1, 0.15) is 27.6 Å². The third-order valence-corrected chi connectivity index (χ3v) is 2.44. The van der Waals surface area contributed by atoms with E-state index in [-0.39, 0.29) is 24.3 Å². The van der Waals surface area contributed by atoms with Gasteiger partial charge >= 0.3 is 0 Å². The molecule has 3 heteroatoms. The molecule has 2 rings (SSSR count). The molecule has 2 nitrogen and oxygen atoms in total. The van der Waals surface area contributed by atoms with Gasteiger partial charge in [0.25, 0.3) is 0 Å². The fraction of sp³-hybridized carbons (Fsp3) is 0.0769. The zero-order valence-electron chi connectivity index (χ0n) is 8.81. The van der Waals surface area contributed by atoms with Gasteiger partial charge in [0.2, 0.25) is 0 Å². The molecule has 0 aliphatic rings. The SMILES string of the molecule is CC(=O)c1c(C=O)ccc2ccccc12.[V]. The first-order valence-corrected chi connectivity index (χ1v) is 4.72. The first-order valence-electron chi connectivity index (χ1n) is 4.72. The summed E-state index contributed by atoms with van der Waals surface area (Å²) in [4.78, 5) is 22.3. The van der Waals surface area contributed by atoms with Gasteiger partial charge in [0.1, 0.15) is 0 Å². The van der Waals surface area contributed by atoms with Gasteiger partial charge < -0.3 is 0 Å². The van der Waals surface area contributed by atoms with Crippen LogP contribution in [0.2, 0.25) is 0 Å². The summed E-state index contributed by atoms with van der Waals surface area (Å²) < 4.78 is 0. The number of fused-ring (bicyclic) bond motifs is 1. The summed E-state index contributed by atoms with van der Waals surface area (Å²) in [6, 6.07) is 11.1. The van der Waals surface area contributed by atoms with Crippen LogP contribution in [0.25, 0.3) is 10.8 Å². The maximum absolute atomic E-state index is 11.5. The van der Waals surface area contributed by atoms with Crippen LogP contribution in [0, 0.1) is 0 Å². The average Bonchev–Trinajstić information content (AvgIpc) is 2.27. The van der Waals surface area contributed by atoms with E-state index in [2.05, 4.69) is 0 Å². The van der Waals surface area contributed by atoms with Crippen LogP contribution >= 0.6 is 0 Å². The average molecular weight is 249 g/mol. The van der Waals surface area contributed by atoms with E-state index < -0.39 is 0 Å². The number of ketones is 1. The second-order valence-corrected chi connectivity index (χ2v) is 3.42. The van der Waals surface area contributed by atoms with Crippen molar-refractivity contribution in [3.63, 3.8) is 0 Å². The maximum Gasteiger partial charge on any atom is 0.161 e. The van der Waals surface area contributed by atoms with Crippen LogP contribution in [0.15, 0.2) is 36.4 Å². The summed E-state index contributed by atoms with van der Waals surface area (Å²) in [5.41, 5.74) is 0.976. The van der Waals surface area contributed by atoms with E-state index in [1.807, 2.05) is 30.3 Å². The standard InChI is InChI=1S/C13H10O2.V/c1-9(15)13-11(8-14)7-6-10-4-2-3-5-12(10)13;/h2-8H,1H3;. The van der Waals surface area contributed by atoms with E-state index in [9.17, 15) is 9.59 Å².